The van der Waals surface area contributed by atoms with Gasteiger partial charge in [-0.3, -0.25) is 4.90 Å². The lowest BCUT2D eigenvalue weighted by atomic mass is 10.2. The van der Waals surface area contributed by atoms with Gasteiger partial charge in [0.25, 0.3) is 0 Å². The molecule has 1 heterocycles. The van der Waals surface area contributed by atoms with Crippen molar-refractivity contribution < 1.29 is 9.90 Å². The first-order valence-electron chi connectivity index (χ1n) is 5.07. The Balaban J connectivity index is 2.50. The van der Waals surface area contributed by atoms with Crippen LogP contribution in [0.1, 0.15) is 5.56 Å². The van der Waals surface area contributed by atoms with E-state index in [0.717, 1.165) is 4.90 Å². The van der Waals surface area contributed by atoms with Gasteiger partial charge in [0, 0.05) is 7.05 Å². The van der Waals surface area contributed by atoms with E-state index in [0.29, 0.717) is 16.6 Å². The van der Waals surface area contributed by atoms with E-state index in [9.17, 15) is 4.79 Å². The second-order valence-electron chi connectivity index (χ2n) is 3.71. The number of carbonyl (C=O) groups is 1. The fraction of sp³-hybridized carbons (Fsp3) is 0.0909. The lowest BCUT2D eigenvalue weighted by Crippen LogP contribution is -2.24. The fourth-order valence-corrected chi connectivity index (χ4v) is 1.83. The van der Waals surface area contributed by atoms with Gasteiger partial charge in [-0.25, -0.2) is 9.78 Å². The summed E-state index contributed by atoms with van der Waals surface area (Å²) in [4.78, 5) is 18.8. The van der Waals surface area contributed by atoms with Crippen LogP contribution >= 0.6 is 34.8 Å². The van der Waals surface area contributed by atoms with Gasteiger partial charge in [0.2, 0.25) is 5.95 Å². The molecule has 0 atom stereocenters. The number of benzene rings is 1. The van der Waals surface area contributed by atoms with Crippen LogP contribution in [0.5, 0.6) is 0 Å². The molecule has 0 unspecified atom stereocenters. The summed E-state index contributed by atoms with van der Waals surface area (Å²) in [5, 5.41) is 9.09. The number of halogens is 3. The molecule has 1 amide bonds. The van der Waals surface area contributed by atoms with Crippen molar-refractivity contribution >= 4 is 62.9 Å². The lowest BCUT2D eigenvalue weighted by Gasteiger charge is -2.07. The van der Waals surface area contributed by atoms with Gasteiger partial charge in [-0.15, -0.1) is 0 Å². The number of aromatic amines is 1. The fourth-order valence-electron chi connectivity index (χ4n) is 1.49. The standard InChI is InChI=1S/C11H8Cl3N3O2/c1-17(11(18)19)10-15-6-3-2-5(4-7(6)16-10)8(12)9(13)14/h2-4H,1H3,(H,15,16)(H,18,19). The van der Waals surface area contributed by atoms with Gasteiger partial charge in [-0.1, -0.05) is 40.9 Å². The van der Waals surface area contributed by atoms with Gasteiger partial charge in [-0.2, -0.15) is 0 Å². The summed E-state index contributed by atoms with van der Waals surface area (Å²) in [5.41, 5.74) is 1.86. The molecule has 0 aliphatic carbocycles. The first-order valence-corrected chi connectivity index (χ1v) is 6.21. The van der Waals surface area contributed by atoms with Crippen molar-refractivity contribution in [1.29, 1.82) is 0 Å². The molecule has 1 aromatic carbocycles. The van der Waals surface area contributed by atoms with E-state index in [1.165, 1.54) is 7.05 Å². The minimum atomic E-state index is -1.11. The van der Waals surface area contributed by atoms with Gasteiger partial charge >= 0.3 is 6.09 Å². The zero-order valence-corrected chi connectivity index (χ0v) is 11.9. The number of fused-ring (bicyclic) bond motifs is 1. The van der Waals surface area contributed by atoms with Gasteiger partial charge in [0.1, 0.15) is 4.49 Å². The summed E-state index contributed by atoms with van der Waals surface area (Å²) in [7, 11) is 1.39. The van der Waals surface area contributed by atoms with Crippen LogP contribution in [0.15, 0.2) is 22.7 Å². The number of H-pyrrole nitrogens is 1. The number of hydrogen-bond acceptors (Lipinski definition) is 2. The van der Waals surface area contributed by atoms with Crippen molar-refractivity contribution in [3.8, 4) is 0 Å². The van der Waals surface area contributed by atoms with Gasteiger partial charge < -0.3 is 10.1 Å². The molecule has 0 aliphatic heterocycles. The third-order valence-corrected chi connectivity index (χ3v) is 3.47. The number of amides is 1. The average molecular weight is 321 g/mol. The summed E-state index contributed by atoms with van der Waals surface area (Å²) in [6.07, 6.45) is -1.11. The molecule has 5 nitrogen and oxygen atoms in total. The number of rotatable bonds is 2. The number of anilines is 1. The number of aromatic nitrogens is 2. The summed E-state index contributed by atoms with van der Waals surface area (Å²) in [6.45, 7) is 0. The predicted molar refractivity (Wildman–Crippen MR) is 77.0 cm³/mol. The molecule has 0 radical (unpaired) electrons. The van der Waals surface area contributed by atoms with E-state index >= 15 is 0 Å². The van der Waals surface area contributed by atoms with Crippen LogP contribution in [0.2, 0.25) is 0 Å². The molecule has 0 spiro atoms. The van der Waals surface area contributed by atoms with Crippen LogP contribution in [0.3, 0.4) is 0 Å². The molecule has 100 valence electrons. The minimum absolute atomic E-state index is 0.0385. The Hall–Kier alpha value is -1.43. The Morgan fingerprint density at radius 2 is 2.05 bits per heavy atom. The van der Waals surface area contributed by atoms with Crippen molar-refractivity contribution in [1.82, 2.24) is 9.97 Å². The molecule has 1 aromatic heterocycles. The summed E-state index contributed by atoms with van der Waals surface area (Å²) in [6, 6.07) is 5.08. The molecule has 0 fully saturated rings. The van der Waals surface area contributed by atoms with E-state index in [1.807, 2.05) is 0 Å². The summed E-state index contributed by atoms with van der Waals surface area (Å²) in [5.74, 6) is 0.219. The molecule has 0 aliphatic rings. The third kappa shape index (κ3) is 2.78. The maximum absolute atomic E-state index is 10.8. The van der Waals surface area contributed by atoms with Gasteiger partial charge in [-0.05, 0) is 17.7 Å². The predicted octanol–water partition coefficient (Wildman–Crippen LogP) is 4.02. The highest BCUT2D eigenvalue weighted by Crippen LogP contribution is 2.30. The molecule has 19 heavy (non-hydrogen) atoms. The highest BCUT2D eigenvalue weighted by Gasteiger charge is 2.14. The van der Waals surface area contributed by atoms with Gasteiger partial charge in [0.05, 0.1) is 16.1 Å². The van der Waals surface area contributed by atoms with E-state index in [-0.39, 0.29) is 15.5 Å². The highest BCUT2D eigenvalue weighted by molar-refractivity contribution is 6.66. The lowest BCUT2D eigenvalue weighted by molar-refractivity contribution is 0.203. The van der Waals surface area contributed by atoms with E-state index < -0.39 is 6.09 Å². The first-order chi connectivity index (χ1) is 8.90. The molecule has 2 rings (SSSR count). The SMILES string of the molecule is CN(C(=O)O)c1nc2ccc(C(Cl)=C(Cl)Cl)cc2[nH]1. The number of imidazole rings is 1. The molecule has 8 heteroatoms. The van der Waals surface area contributed by atoms with E-state index in [4.69, 9.17) is 39.9 Å². The molecule has 2 aromatic rings. The van der Waals surface area contributed by atoms with E-state index in [1.54, 1.807) is 18.2 Å². The van der Waals surface area contributed by atoms with Crippen molar-refractivity contribution in [2.45, 2.75) is 0 Å². The van der Waals surface area contributed by atoms with Crippen molar-refractivity contribution in [3.05, 3.63) is 28.3 Å². The number of hydrogen-bond donors (Lipinski definition) is 2. The van der Waals surface area contributed by atoms with Crippen LogP contribution in [-0.2, 0) is 0 Å². The Labute approximate surface area is 123 Å². The Bertz CT molecular complexity index is 677. The average Bonchev–Trinajstić information content (AvgIpc) is 2.78. The first kappa shape index (κ1) is 14.0. The Kier molecular flexibility index (Phi) is 3.89. The van der Waals surface area contributed by atoms with Crippen LogP contribution < -0.4 is 4.90 Å². The Morgan fingerprint density at radius 3 is 2.63 bits per heavy atom. The van der Waals surface area contributed by atoms with Crippen LogP contribution in [0.4, 0.5) is 10.7 Å². The maximum atomic E-state index is 10.8. The van der Waals surface area contributed by atoms with E-state index in [2.05, 4.69) is 9.97 Å². The summed E-state index contributed by atoms with van der Waals surface area (Å²) < 4.78 is -0.0385. The van der Waals surface area contributed by atoms with Crippen LogP contribution in [0, 0.1) is 0 Å². The molecule has 0 saturated heterocycles. The zero-order valence-electron chi connectivity index (χ0n) is 9.62. The van der Waals surface area contributed by atoms with Gasteiger partial charge in [0.15, 0.2) is 0 Å². The smallest absolute Gasteiger partial charge is 0.413 e. The molecule has 0 saturated carbocycles. The number of nitrogens with zero attached hydrogens (tertiary/aromatic N) is 2. The van der Waals surface area contributed by atoms with Crippen molar-refractivity contribution in [3.63, 3.8) is 0 Å². The second kappa shape index (κ2) is 5.28. The topological polar surface area (TPSA) is 69.2 Å². The second-order valence-corrected chi connectivity index (χ2v) is 5.04. The molecule has 0 bridgehead atoms. The molecular formula is C11H8Cl3N3O2. The zero-order chi connectivity index (χ0) is 14.2. The maximum Gasteiger partial charge on any atom is 0.413 e. The van der Waals surface area contributed by atoms with Crippen LogP contribution in [-0.4, -0.2) is 28.2 Å². The molecular weight excluding hydrogens is 312 g/mol. The number of nitrogens with one attached hydrogen (secondary N) is 1. The largest absolute Gasteiger partial charge is 0.465 e. The van der Waals surface area contributed by atoms with Crippen molar-refractivity contribution in [2.24, 2.45) is 0 Å². The van der Waals surface area contributed by atoms with Crippen LogP contribution in [0.25, 0.3) is 16.1 Å². The third-order valence-electron chi connectivity index (χ3n) is 2.49. The monoisotopic (exact) mass is 319 g/mol. The molecule has 2 N–H and O–H groups in total. The number of carboxylic acid groups (broad SMARTS) is 1. The normalized spacial score (nSPS) is 10.5. The van der Waals surface area contributed by atoms with Crippen molar-refractivity contribution in [2.75, 3.05) is 11.9 Å². The quantitative estimate of drug-likeness (QED) is 0.878. The minimum Gasteiger partial charge on any atom is -0.465 e. The Morgan fingerprint density at radius 1 is 1.37 bits per heavy atom. The summed E-state index contributed by atoms with van der Waals surface area (Å²) >= 11 is 17.2. The highest BCUT2D eigenvalue weighted by atomic mass is 35.5.